The second-order valence-electron chi connectivity index (χ2n) is 9.78. The molecule has 0 spiro atoms. The van der Waals surface area contributed by atoms with Gasteiger partial charge in [-0.1, -0.05) is 18.2 Å². The number of pyridine rings is 2. The number of carbonyl (C=O) groups excluding carboxylic acids is 1. The Bertz CT molecular complexity index is 1270. The van der Waals surface area contributed by atoms with Crippen molar-refractivity contribution in [1.82, 2.24) is 14.9 Å². The third-order valence-electron chi connectivity index (χ3n) is 7.57. The molecule has 2 fully saturated rings. The summed E-state index contributed by atoms with van der Waals surface area (Å²) in [7, 11) is 0. The molecule has 1 aromatic carbocycles. The van der Waals surface area contributed by atoms with Crippen molar-refractivity contribution in [2.45, 2.75) is 76.9 Å². The third-order valence-corrected chi connectivity index (χ3v) is 7.57. The highest BCUT2D eigenvalue weighted by atomic mass is 19.3. The molecule has 2 aliphatic heterocycles. The zero-order valence-corrected chi connectivity index (χ0v) is 20.1. The number of halogens is 3. The number of anilines is 1. The Labute approximate surface area is 202 Å². The van der Waals surface area contributed by atoms with Gasteiger partial charge in [0.1, 0.15) is 5.82 Å². The van der Waals surface area contributed by atoms with Crippen molar-refractivity contribution in [3.8, 4) is 0 Å². The van der Waals surface area contributed by atoms with Gasteiger partial charge < -0.3 is 10.2 Å². The number of rotatable bonds is 5. The molecular weight excluding hydrogens is 453 g/mol. The first kappa shape index (κ1) is 23.6. The van der Waals surface area contributed by atoms with Gasteiger partial charge >= 0.3 is 0 Å². The lowest BCUT2D eigenvalue weighted by atomic mass is 9.87. The number of hydrogen-bond acceptors (Lipinski definition) is 4. The summed E-state index contributed by atoms with van der Waals surface area (Å²) < 4.78 is 41.2. The molecule has 2 aliphatic rings. The van der Waals surface area contributed by atoms with Gasteiger partial charge in [0.2, 0.25) is 5.91 Å². The Morgan fingerprint density at radius 1 is 1.14 bits per heavy atom. The molecule has 0 radical (unpaired) electrons. The Kier molecular flexibility index (Phi) is 6.15. The van der Waals surface area contributed by atoms with Gasteiger partial charge in [-0.25, -0.2) is 13.2 Å². The van der Waals surface area contributed by atoms with Crippen LogP contribution < -0.4 is 5.32 Å². The largest absolute Gasteiger partial charge is 0.378 e. The monoisotopic (exact) mass is 482 g/mol. The number of nitrogens with one attached hydrogen (secondary N) is 1. The fraction of sp³-hybridized carbons (Fsp3) is 0.444. The van der Waals surface area contributed by atoms with E-state index in [9.17, 15) is 18.0 Å². The maximum Gasteiger partial charge on any atom is 0.266 e. The van der Waals surface area contributed by atoms with Crippen LogP contribution in [0, 0.1) is 12.7 Å². The summed E-state index contributed by atoms with van der Waals surface area (Å²) >= 11 is 0. The van der Waals surface area contributed by atoms with Crippen LogP contribution in [0.15, 0.2) is 36.5 Å². The molecule has 8 heteroatoms. The van der Waals surface area contributed by atoms with Crippen LogP contribution in [0.2, 0.25) is 0 Å². The number of alkyl halides is 2. The highest BCUT2D eigenvalue weighted by molar-refractivity contribution is 5.92. The topological polar surface area (TPSA) is 58.1 Å². The Balaban J connectivity index is 1.47. The summed E-state index contributed by atoms with van der Waals surface area (Å²) in [6.45, 7) is 5.33. The van der Waals surface area contributed by atoms with E-state index in [0.717, 1.165) is 59.7 Å². The van der Waals surface area contributed by atoms with Gasteiger partial charge in [-0.3, -0.25) is 14.8 Å². The molecule has 5 nitrogen and oxygen atoms in total. The van der Waals surface area contributed by atoms with E-state index in [2.05, 4.69) is 10.3 Å². The molecule has 184 valence electrons. The fourth-order valence-electron chi connectivity index (χ4n) is 5.98. The van der Waals surface area contributed by atoms with Gasteiger partial charge in [-0.05, 0) is 51.7 Å². The van der Waals surface area contributed by atoms with E-state index in [0.29, 0.717) is 0 Å². The van der Waals surface area contributed by atoms with Crippen LogP contribution >= 0.6 is 0 Å². The molecule has 2 bridgehead atoms. The number of benzene rings is 1. The molecule has 1 N–H and O–H groups in total. The minimum absolute atomic E-state index is 0.145. The van der Waals surface area contributed by atoms with Crippen molar-refractivity contribution in [1.29, 1.82) is 0 Å². The van der Waals surface area contributed by atoms with Crippen LogP contribution in [0.3, 0.4) is 0 Å². The van der Waals surface area contributed by atoms with E-state index >= 15 is 0 Å². The summed E-state index contributed by atoms with van der Waals surface area (Å²) in [5.74, 6) is -0.490. The van der Waals surface area contributed by atoms with Crippen LogP contribution in [0.25, 0.3) is 10.9 Å². The zero-order valence-electron chi connectivity index (χ0n) is 20.1. The number of aromatic nitrogens is 2. The number of aryl methyl sites for hydroxylation is 1. The van der Waals surface area contributed by atoms with Crippen molar-refractivity contribution in [2.75, 3.05) is 5.32 Å². The van der Waals surface area contributed by atoms with Gasteiger partial charge in [0, 0.05) is 53.5 Å². The minimum Gasteiger partial charge on any atom is -0.378 e. The molecule has 3 atom stereocenters. The summed E-state index contributed by atoms with van der Waals surface area (Å²) in [6, 6.07) is 7.93. The molecule has 2 unspecified atom stereocenters. The summed E-state index contributed by atoms with van der Waals surface area (Å²) in [6.07, 6.45) is 2.64. The maximum atomic E-state index is 14.8. The molecule has 4 heterocycles. The van der Waals surface area contributed by atoms with Crippen molar-refractivity contribution < 1.29 is 18.0 Å². The lowest BCUT2D eigenvalue weighted by Crippen LogP contribution is -2.45. The zero-order chi connectivity index (χ0) is 24.9. The van der Waals surface area contributed by atoms with Crippen LogP contribution in [-0.4, -0.2) is 32.9 Å². The molecular formula is C27H29F3N4O. The molecule has 5 rings (SSSR count). The van der Waals surface area contributed by atoms with Crippen molar-refractivity contribution in [3.05, 3.63) is 64.9 Å². The van der Waals surface area contributed by atoms with Gasteiger partial charge in [0.25, 0.3) is 6.43 Å². The van der Waals surface area contributed by atoms with E-state index in [-0.39, 0.29) is 29.5 Å². The first-order valence-electron chi connectivity index (χ1n) is 12.1. The molecule has 2 saturated heterocycles. The lowest BCUT2D eigenvalue weighted by molar-refractivity contribution is -0.133. The maximum absolute atomic E-state index is 14.8. The Morgan fingerprint density at radius 3 is 2.49 bits per heavy atom. The van der Waals surface area contributed by atoms with E-state index in [1.807, 2.05) is 24.0 Å². The van der Waals surface area contributed by atoms with Gasteiger partial charge in [0.15, 0.2) is 0 Å². The number of amides is 1. The standard InChI is InChI=1S/C27H29F3N4O/c1-14(20-5-4-6-21(25(20)28)27(29)30)32-23-9-10-31-26-15(2)33-24(13-22(23)26)17-11-18-7-8-19(12-17)34(18)16(3)35/h4-6,9-10,13-14,17-19,27H,7-8,11-12H2,1-3H3,(H,31,32)/t14-,17?,18?,19?/m1/s1. The average Bonchev–Trinajstić information content (AvgIpc) is 3.09. The van der Waals surface area contributed by atoms with Gasteiger partial charge in [-0.2, -0.15) is 0 Å². The number of fused-ring (bicyclic) bond motifs is 3. The van der Waals surface area contributed by atoms with E-state index in [4.69, 9.17) is 4.98 Å². The second kappa shape index (κ2) is 9.13. The summed E-state index contributed by atoms with van der Waals surface area (Å²) in [5.41, 5.74) is 2.87. The van der Waals surface area contributed by atoms with Crippen LogP contribution in [0.5, 0.6) is 0 Å². The Hall–Kier alpha value is -3.16. The van der Waals surface area contributed by atoms with E-state index in [1.165, 1.54) is 12.1 Å². The molecule has 2 aromatic heterocycles. The quantitative estimate of drug-likeness (QED) is 0.454. The highest BCUT2D eigenvalue weighted by Gasteiger charge is 2.42. The number of hydrogen-bond donors (Lipinski definition) is 1. The predicted molar refractivity (Wildman–Crippen MR) is 129 cm³/mol. The minimum atomic E-state index is -2.87. The summed E-state index contributed by atoms with van der Waals surface area (Å²) in [5, 5.41) is 4.18. The van der Waals surface area contributed by atoms with Crippen LogP contribution in [0.4, 0.5) is 18.9 Å². The molecule has 0 saturated carbocycles. The first-order valence-corrected chi connectivity index (χ1v) is 12.1. The molecule has 1 amide bonds. The fourth-order valence-corrected chi connectivity index (χ4v) is 5.98. The van der Waals surface area contributed by atoms with Gasteiger partial charge in [-0.15, -0.1) is 0 Å². The normalized spacial score (nSPS) is 22.6. The van der Waals surface area contributed by atoms with Crippen LogP contribution in [-0.2, 0) is 4.79 Å². The van der Waals surface area contributed by atoms with Crippen molar-refractivity contribution >= 4 is 22.5 Å². The molecule has 35 heavy (non-hydrogen) atoms. The number of piperidine rings is 1. The first-order chi connectivity index (χ1) is 16.7. The van der Waals surface area contributed by atoms with Gasteiger partial charge in [0.05, 0.1) is 22.8 Å². The summed E-state index contributed by atoms with van der Waals surface area (Å²) in [4.78, 5) is 23.5. The SMILES string of the molecule is CC(=O)N1C2CCC1CC(c1cc3c(N[C@H](C)c4cccc(C(F)F)c4F)ccnc3c(C)n1)C2. The van der Waals surface area contributed by atoms with E-state index in [1.54, 1.807) is 20.0 Å². The molecule has 0 aliphatic carbocycles. The Morgan fingerprint density at radius 2 is 1.83 bits per heavy atom. The number of nitrogens with zero attached hydrogens (tertiary/aromatic N) is 3. The second-order valence-corrected chi connectivity index (χ2v) is 9.78. The predicted octanol–water partition coefficient (Wildman–Crippen LogP) is 6.44. The van der Waals surface area contributed by atoms with E-state index < -0.39 is 23.8 Å². The smallest absolute Gasteiger partial charge is 0.266 e. The van der Waals surface area contributed by atoms with Crippen molar-refractivity contribution in [3.63, 3.8) is 0 Å². The number of carbonyl (C=O) groups is 1. The lowest BCUT2D eigenvalue weighted by Gasteiger charge is -2.38. The van der Waals surface area contributed by atoms with Crippen molar-refractivity contribution in [2.24, 2.45) is 0 Å². The molecule has 3 aromatic rings. The third kappa shape index (κ3) is 4.23. The highest BCUT2D eigenvalue weighted by Crippen LogP contribution is 2.43. The van der Waals surface area contributed by atoms with Crippen LogP contribution in [0.1, 0.15) is 80.4 Å². The average molecular weight is 483 g/mol.